The topological polar surface area (TPSA) is 3.24 Å². The third kappa shape index (κ3) is 16.0. The van der Waals surface area contributed by atoms with Gasteiger partial charge in [-0.25, -0.2) is 0 Å². The van der Waals surface area contributed by atoms with E-state index in [1.165, 1.54) is 103 Å². The summed E-state index contributed by atoms with van der Waals surface area (Å²) in [6.45, 7) is 6.96. The number of hydrogen-bond acceptors (Lipinski definition) is 1. The van der Waals surface area contributed by atoms with Gasteiger partial charge in [0.1, 0.15) is 0 Å². The Hall–Kier alpha value is -0.0400. The Morgan fingerprint density at radius 3 is 1.15 bits per heavy atom. The van der Waals surface area contributed by atoms with Crippen molar-refractivity contribution in [3.05, 3.63) is 7.05 Å². The van der Waals surface area contributed by atoms with Crippen LogP contribution >= 0.6 is 0 Å². The minimum atomic E-state index is 1.20. The van der Waals surface area contributed by atoms with Gasteiger partial charge in [0.25, 0.3) is 0 Å². The molecule has 1 nitrogen and oxygen atoms in total. The Morgan fingerprint density at radius 1 is 0.500 bits per heavy atom. The molecule has 0 aliphatic carbocycles. The van der Waals surface area contributed by atoms with E-state index in [4.69, 9.17) is 0 Å². The molecule has 0 aliphatic rings. The van der Waals surface area contributed by atoms with Crippen LogP contribution in [0.25, 0.3) is 0 Å². The van der Waals surface area contributed by atoms with Gasteiger partial charge in [-0.1, -0.05) is 90.9 Å². The van der Waals surface area contributed by atoms with Gasteiger partial charge in [0.15, 0.2) is 0 Å². The van der Waals surface area contributed by atoms with Crippen LogP contribution in [-0.4, -0.2) is 18.0 Å². The van der Waals surface area contributed by atoms with Gasteiger partial charge in [0.2, 0.25) is 0 Å². The highest BCUT2D eigenvalue weighted by molar-refractivity contribution is 4.57. The van der Waals surface area contributed by atoms with Crippen LogP contribution in [0, 0.1) is 7.05 Å². The van der Waals surface area contributed by atoms with E-state index in [0.29, 0.717) is 0 Å². The summed E-state index contributed by atoms with van der Waals surface area (Å²) in [6.07, 6.45) is 19.6. The van der Waals surface area contributed by atoms with E-state index >= 15 is 0 Å². The lowest BCUT2D eigenvalue weighted by atomic mass is 10.1. The Balaban J connectivity index is 3.11. The summed E-state index contributed by atoms with van der Waals surface area (Å²) in [7, 11) is 4.17. The molecular formula is C19H40N. The first-order valence-corrected chi connectivity index (χ1v) is 9.36. The largest absolute Gasteiger partial charge is 0.302 e. The smallest absolute Gasteiger partial charge is 0.0109 e. The maximum absolute atomic E-state index is 4.17. The Morgan fingerprint density at radius 2 is 0.800 bits per heavy atom. The first kappa shape index (κ1) is 20.0. The van der Waals surface area contributed by atoms with Crippen LogP contribution < -0.4 is 0 Å². The summed E-state index contributed by atoms with van der Waals surface area (Å²) in [5.41, 5.74) is 0. The molecule has 121 valence electrons. The Kier molecular flexibility index (Phi) is 17.0. The zero-order chi connectivity index (χ0) is 14.9. The monoisotopic (exact) mass is 282 g/mol. The minimum Gasteiger partial charge on any atom is -0.302 e. The molecular weight excluding hydrogens is 242 g/mol. The third-order valence-electron chi connectivity index (χ3n) is 4.16. The van der Waals surface area contributed by atoms with Gasteiger partial charge in [0.05, 0.1) is 0 Å². The highest BCUT2D eigenvalue weighted by Crippen LogP contribution is 2.09. The van der Waals surface area contributed by atoms with E-state index in [0.717, 1.165) is 0 Å². The molecule has 0 atom stereocenters. The van der Waals surface area contributed by atoms with Crippen molar-refractivity contribution >= 4 is 0 Å². The molecule has 0 fully saturated rings. The molecule has 0 aromatic heterocycles. The van der Waals surface area contributed by atoms with E-state index in [9.17, 15) is 0 Å². The molecule has 0 saturated heterocycles. The molecule has 0 aliphatic heterocycles. The molecule has 0 N–H and O–H groups in total. The number of rotatable bonds is 16. The van der Waals surface area contributed by atoms with Gasteiger partial charge >= 0.3 is 0 Å². The van der Waals surface area contributed by atoms with Gasteiger partial charge in [-0.3, -0.25) is 0 Å². The van der Waals surface area contributed by atoms with Gasteiger partial charge in [0, 0.05) is 7.05 Å². The van der Waals surface area contributed by atoms with Gasteiger partial charge < -0.3 is 4.90 Å². The molecule has 0 unspecified atom stereocenters. The first-order chi connectivity index (χ1) is 9.81. The van der Waals surface area contributed by atoms with Crippen LogP contribution in [-0.2, 0) is 0 Å². The molecule has 0 spiro atoms. The van der Waals surface area contributed by atoms with Crippen molar-refractivity contribution in [2.24, 2.45) is 0 Å². The van der Waals surface area contributed by atoms with Gasteiger partial charge in [-0.15, -0.1) is 0 Å². The summed E-state index contributed by atoms with van der Waals surface area (Å²) >= 11 is 0. The van der Waals surface area contributed by atoms with E-state index in [-0.39, 0.29) is 0 Å². The number of unbranched alkanes of at least 4 members (excludes halogenated alkanes) is 12. The fourth-order valence-electron chi connectivity index (χ4n) is 2.70. The standard InChI is InChI=1S/C19H40N/c1-4-6-8-10-12-14-16-18-20(3)19-17-15-13-11-9-7-5-2/h3-19H2,1-2H3. The maximum atomic E-state index is 4.17. The lowest BCUT2D eigenvalue weighted by Crippen LogP contribution is -2.18. The van der Waals surface area contributed by atoms with Crippen LogP contribution in [0.15, 0.2) is 0 Å². The highest BCUT2D eigenvalue weighted by atomic mass is 15.1. The fourth-order valence-corrected chi connectivity index (χ4v) is 2.70. The fraction of sp³-hybridized carbons (Fsp3) is 0.947. The van der Waals surface area contributed by atoms with Crippen molar-refractivity contribution in [2.45, 2.75) is 104 Å². The zero-order valence-corrected chi connectivity index (χ0v) is 14.5. The van der Waals surface area contributed by atoms with Crippen molar-refractivity contribution < 1.29 is 0 Å². The highest BCUT2D eigenvalue weighted by Gasteiger charge is 1.98. The molecule has 1 radical (unpaired) electrons. The number of hydrogen-bond donors (Lipinski definition) is 0. The van der Waals surface area contributed by atoms with Gasteiger partial charge in [-0.2, -0.15) is 0 Å². The molecule has 1 heteroatoms. The SMILES string of the molecule is [CH2]N(CCCCCCCCC)CCCCCCCCC. The van der Waals surface area contributed by atoms with Crippen LogP contribution in [0.3, 0.4) is 0 Å². The average molecular weight is 283 g/mol. The van der Waals surface area contributed by atoms with Crippen molar-refractivity contribution in [1.29, 1.82) is 0 Å². The molecule has 0 bridgehead atoms. The van der Waals surface area contributed by atoms with E-state index in [1.54, 1.807) is 0 Å². The normalized spacial score (nSPS) is 11.4. The Bertz CT molecular complexity index is 149. The maximum Gasteiger partial charge on any atom is 0.0109 e. The minimum absolute atomic E-state index is 1.20. The van der Waals surface area contributed by atoms with Crippen LogP contribution in [0.5, 0.6) is 0 Å². The van der Waals surface area contributed by atoms with E-state index < -0.39 is 0 Å². The summed E-state index contributed by atoms with van der Waals surface area (Å²) in [5.74, 6) is 0. The van der Waals surface area contributed by atoms with Crippen LogP contribution in [0.1, 0.15) is 104 Å². The lowest BCUT2D eigenvalue weighted by Gasteiger charge is -2.15. The average Bonchev–Trinajstić information content (AvgIpc) is 2.45. The summed E-state index contributed by atoms with van der Waals surface area (Å²) in [5, 5.41) is 0. The summed E-state index contributed by atoms with van der Waals surface area (Å²) in [4.78, 5) is 2.29. The van der Waals surface area contributed by atoms with Crippen LogP contribution in [0.4, 0.5) is 0 Å². The Labute approximate surface area is 129 Å². The van der Waals surface area contributed by atoms with Crippen molar-refractivity contribution in [3.63, 3.8) is 0 Å². The molecule has 0 saturated carbocycles. The lowest BCUT2D eigenvalue weighted by molar-refractivity contribution is 0.344. The quantitative estimate of drug-likeness (QED) is 0.289. The molecule has 0 amide bonds. The van der Waals surface area contributed by atoms with Crippen molar-refractivity contribution in [3.8, 4) is 0 Å². The third-order valence-corrected chi connectivity index (χ3v) is 4.16. The summed E-state index contributed by atoms with van der Waals surface area (Å²) in [6, 6.07) is 0. The second-order valence-electron chi connectivity index (χ2n) is 6.36. The van der Waals surface area contributed by atoms with Crippen molar-refractivity contribution in [1.82, 2.24) is 4.90 Å². The zero-order valence-electron chi connectivity index (χ0n) is 14.5. The van der Waals surface area contributed by atoms with Crippen molar-refractivity contribution in [2.75, 3.05) is 13.1 Å². The van der Waals surface area contributed by atoms with E-state index in [2.05, 4.69) is 25.8 Å². The predicted octanol–water partition coefficient (Wildman–Crippen LogP) is 6.58. The van der Waals surface area contributed by atoms with Crippen LogP contribution in [0.2, 0.25) is 0 Å². The number of nitrogens with zero attached hydrogens (tertiary/aromatic N) is 1. The predicted molar refractivity (Wildman–Crippen MR) is 92.9 cm³/mol. The molecule has 20 heavy (non-hydrogen) atoms. The first-order valence-electron chi connectivity index (χ1n) is 9.36. The van der Waals surface area contributed by atoms with E-state index in [1.807, 2.05) is 0 Å². The summed E-state index contributed by atoms with van der Waals surface area (Å²) < 4.78 is 0. The molecule has 0 aromatic carbocycles. The van der Waals surface area contributed by atoms with Gasteiger partial charge in [-0.05, 0) is 25.9 Å². The molecule has 0 aromatic rings. The molecule has 0 rings (SSSR count). The second kappa shape index (κ2) is 17.0. The second-order valence-corrected chi connectivity index (χ2v) is 6.36. The molecule has 0 heterocycles.